The lowest BCUT2D eigenvalue weighted by Crippen LogP contribution is -2.35. The lowest BCUT2D eigenvalue weighted by atomic mass is 9.95. The fourth-order valence-corrected chi connectivity index (χ4v) is 3.43. The van der Waals surface area contributed by atoms with Gasteiger partial charge < -0.3 is 14.9 Å². The number of carbonyl (C=O) groups is 2. The topological polar surface area (TPSA) is 60.9 Å². The molecular formula is C21H21ClN2O3. The Balaban J connectivity index is 2.17. The number of likely N-dealkylation sites (tertiary alicyclic amines) is 1. The number of rotatable bonds is 5. The molecule has 1 fully saturated rings. The summed E-state index contributed by atoms with van der Waals surface area (Å²) < 4.78 is 0. The highest BCUT2D eigenvalue weighted by Gasteiger charge is 2.46. The first-order chi connectivity index (χ1) is 12.9. The molecule has 0 aliphatic carbocycles. The molecule has 1 N–H and O–H groups in total. The first-order valence-corrected chi connectivity index (χ1v) is 9.02. The maximum absolute atomic E-state index is 12.8. The molecule has 6 heteroatoms. The Labute approximate surface area is 163 Å². The minimum atomic E-state index is -0.723. The highest BCUT2D eigenvalue weighted by molar-refractivity contribution is 6.47. The molecule has 5 nitrogen and oxygen atoms in total. The molecule has 1 aliphatic rings. The molecular weight excluding hydrogens is 364 g/mol. The molecule has 1 amide bonds. The molecule has 27 heavy (non-hydrogen) atoms. The molecule has 0 radical (unpaired) electrons. The largest absolute Gasteiger partial charge is 0.507 e. The third-order valence-electron chi connectivity index (χ3n) is 4.58. The molecule has 0 saturated carbocycles. The summed E-state index contributed by atoms with van der Waals surface area (Å²) in [6.07, 6.45) is 0. The van der Waals surface area contributed by atoms with Gasteiger partial charge in [-0.3, -0.25) is 9.59 Å². The Kier molecular flexibility index (Phi) is 5.63. The Morgan fingerprint density at radius 2 is 1.70 bits per heavy atom. The first-order valence-electron chi connectivity index (χ1n) is 8.64. The van der Waals surface area contributed by atoms with E-state index in [9.17, 15) is 14.7 Å². The minimum absolute atomic E-state index is 0.0676. The summed E-state index contributed by atoms with van der Waals surface area (Å²) in [5.41, 5.74) is 1.17. The summed E-state index contributed by atoms with van der Waals surface area (Å²) in [6, 6.07) is 15.1. The van der Waals surface area contributed by atoms with E-state index in [1.54, 1.807) is 48.5 Å². The fourth-order valence-electron chi connectivity index (χ4n) is 3.19. The summed E-state index contributed by atoms with van der Waals surface area (Å²) >= 11 is 6.38. The Morgan fingerprint density at radius 1 is 1.07 bits per heavy atom. The van der Waals surface area contributed by atoms with Gasteiger partial charge in [0.15, 0.2) is 0 Å². The summed E-state index contributed by atoms with van der Waals surface area (Å²) in [5, 5.41) is 11.3. The van der Waals surface area contributed by atoms with Crippen LogP contribution in [-0.4, -0.2) is 53.8 Å². The van der Waals surface area contributed by atoms with Crippen molar-refractivity contribution in [2.75, 3.05) is 27.2 Å². The van der Waals surface area contributed by atoms with Gasteiger partial charge in [0.25, 0.3) is 11.7 Å². The van der Waals surface area contributed by atoms with Crippen LogP contribution in [0.25, 0.3) is 5.76 Å². The average Bonchev–Trinajstić information content (AvgIpc) is 2.91. The van der Waals surface area contributed by atoms with Crippen LogP contribution in [0, 0.1) is 0 Å². The zero-order valence-electron chi connectivity index (χ0n) is 15.2. The lowest BCUT2D eigenvalue weighted by Gasteiger charge is -2.27. The number of likely N-dealkylation sites (N-methyl/N-ethyl adjacent to an activating group) is 1. The van der Waals surface area contributed by atoms with Gasteiger partial charge in [0.05, 0.1) is 11.6 Å². The minimum Gasteiger partial charge on any atom is -0.507 e. The molecule has 1 heterocycles. The van der Waals surface area contributed by atoms with E-state index in [4.69, 9.17) is 11.6 Å². The van der Waals surface area contributed by atoms with Gasteiger partial charge in [0.2, 0.25) is 0 Å². The normalized spacial score (nSPS) is 19.1. The second kappa shape index (κ2) is 7.94. The quantitative estimate of drug-likeness (QED) is 0.488. The van der Waals surface area contributed by atoms with Crippen LogP contribution in [0.1, 0.15) is 17.2 Å². The molecule has 2 aromatic carbocycles. The van der Waals surface area contributed by atoms with Crippen molar-refractivity contribution in [1.82, 2.24) is 9.80 Å². The van der Waals surface area contributed by atoms with Crippen LogP contribution in [0.4, 0.5) is 0 Å². The number of carbonyl (C=O) groups excluding carboxylic acids is 2. The molecule has 0 spiro atoms. The van der Waals surface area contributed by atoms with Crippen LogP contribution < -0.4 is 0 Å². The number of aliphatic hydroxyl groups is 1. The Bertz CT molecular complexity index is 893. The zero-order valence-corrected chi connectivity index (χ0v) is 16.0. The average molecular weight is 385 g/mol. The third-order valence-corrected chi connectivity index (χ3v) is 4.92. The van der Waals surface area contributed by atoms with Crippen molar-refractivity contribution >= 4 is 29.1 Å². The number of Topliss-reactive ketones (excluding diaryl/α,β-unsaturated/α-hetero) is 1. The van der Waals surface area contributed by atoms with Crippen molar-refractivity contribution in [3.63, 3.8) is 0 Å². The van der Waals surface area contributed by atoms with Crippen LogP contribution in [0.5, 0.6) is 0 Å². The number of nitrogens with zero attached hydrogens (tertiary/aromatic N) is 2. The van der Waals surface area contributed by atoms with Gasteiger partial charge in [-0.05, 0) is 25.7 Å². The van der Waals surface area contributed by atoms with Gasteiger partial charge in [0.1, 0.15) is 5.76 Å². The van der Waals surface area contributed by atoms with Gasteiger partial charge in [-0.25, -0.2) is 0 Å². The summed E-state index contributed by atoms with van der Waals surface area (Å²) in [5.74, 6) is -1.51. The van der Waals surface area contributed by atoms with E-state index < -0.39 is 17.7 Å². The van der Waals surface area contributed by atoms with E-state index >= 15 is 0 Å². The number of ketones is 1. The molecule has 2 aromatic rings. The first kappa shape index (κ1) is 19.1. The molecule has 1 saturated heterocycles. The van der Waals surface area contributed by atoms with Crippen LogP contribution in [0.3, 0.4) is 0 Å². The number of aliphatic hydroxyl groups excluding tert-OH is 1. The third kappa shape index (κ3) is 3.75. The van der Waals surface area contributed by atoms with Crippen molar-refractivity contribution < 1.29 is 14.7 Å². The maximum Gasteiger partial charge on any atom is 0.295 e. The lowest BCUT2D eigenvalue weighted by molar-refractivity contribution is -0.140. The number of halogens is 1. The van der Waals surface area contributed by atoms with Crippen molar-refractivity contribution in [1.29, 1.82) is 0 Å². The van der Waals surface area contributed by atoms with E-state index in [1.807, 2.05) is 25.1 Å². The van der Waals surface area contributed by atoms with Crippen molar-refractivity contribution in [3.05, 3.63) is 76.3 Å². The summed E-state index contributed by atoms with van der Waals surface area (Å²) in [7, 11) is 3.79. The highest BCUT2D eigenvalue weighted by Crippen LogP contribution is 2.41. The molecule has 1 unspecified atom stereocenters. The zero-order chi connectivity index (χ0) is 19.6. The van der Waals surface area contributed by atoms with Crippen LogP contribution >= 0.6 is 11.6 Å². The van der Waals surface area contributed by atoms with E-state index in [-0.39, 0.29) is 11.3 Å². The predicted molar refractivity (Wildman–Crippen MR) is 105 cm³/mol. The maximum atomic E-state index is 12.8. The van der Waals surface area contributed by atoms with Crippen LogP contribution in [0.15, 0.2) is 60.2 Å². The summed E-state index contributed by atoms with van der Waals surface area (Å²) in [6.45, 7) is 0.929. The molecule has 140 valence electrons. The van der Waals surface area contributed by atoms with Crippen molar-refractivity contribution in [3.8, 4) is 0 Å². The van der Waals surface area contributed by atoms with Crippen LogP contribution in [0.2, 0.25) is 5.02 Å². The van der Waals surface area contributed by atoms with Crippen molar-refractivity contribution in [2.24, 2.45) is 0 Å². The van der Waals surface area contributed by atoms with E-state index in [2.05, 4.69) is 0 Å². The number of amides is 1. The Morgan fingerprint density at radius 3 is 2.33 bits per heavy atom. The van der Waals surface area contributed by atoms with Gasteiger partial charge in [-0.2, -0.15) is 0 Å². The SMILES string of the molecule is CN(C)CCN1C(=O)C(=O)/C(=C(/O)c2ccccc2)C1c1ccccc1Cl. The number of benzene rings is 2. The number of hydrogen-bond donors (Lipinski definition) is 1. The van der Waals surface area contributed by atoms with Gasteiger partial charge >= 0.3 is 0 Å². The second-order valence-electron chi connectivity index (χ2n) is 6.68. The monoisotopic (exact) mass is 384 g/mol. The van der Waals surface area contributed by atoms with Gasteiger partial charge in [-0.15, -0.1) is 0 Å². The number of hydrogen-bond acceptors (Lipinski definition) is 4. The fraction of sp³-hybridized carbons (Fsp3) is 0.238. The Hall–Kier alpha value is -2.63. The van der Waals surface area contributed by atoms with Gasteiger partial charge in [-0.1, -0.05) is 60.1 Å². The smallest absolute Gasteiger partial charge is 0.295 e. The van der Waals surface area contributed by atoms with Crippen molar-refractivity contribution in [2.45, 2.75) is 6.04 Å². The predicted octanol–water partition coefficient (Wildman–Crippen LogP) is 3.32. The van der Waals surface area contributed by atoms with E-state index in [0.717, 1.165) is 0 Å². The second-order valence-corrected chi connectivity index (χ2v) is 7.09. The molecule has 1 aliphatic heterocycles. The molecule has 1 atom stereocenters. The van der Waals surface area contributed by atoms with Crippen LogP contribution in [-0.2, 0) is 9.59 Å². The van der Waals surface area contributed by atoms with Gasteiger partial charge in [0, 0.05) is 23.7 Å². The van der Waals surface area contributed by atoms with E-state index in [1.165, 1.54) is 4.90 Å². The molecule has 3 rings (SSSR count). The van der Waals surface area contributed by atoms with E-state index in [0.29, 0.717) is 29.2 Å². The molecule has 0 bridgehead atoms. The highest BCUT2D eigenvalue weighted by atomic mass is 35.5. The summed E-state index contributed by atoms with van der Waals surface area (Å²) in [4.78, 5) is 28.9. The standard InChI is InChI=1S/C21H21ClN2O3/c1-23(2)12-13-24-18(15-10-6-7-11-16(15)22)17(20(26)21(24)27)19(25)14-8-4-3-5-9-14/h3-11,18,25H,12-13H2,1-2H3/b19-17+. The molecule has 0 aromatic heterocycles.